The van der Waals surface area contributed by atoms with Crippen LogP contribution in [-0.4, -0.2) is 29.2 Å². The van der Waals surface area contributed by atoms with Gasteiger partial charge in [0.05, 0.1) is 11.6 Å². The van der Waals surface area contributed by atoms with Gasteiger partial charge in [0.1, 0.15) is 0 Å². The Morgan fingerprint density at radius 1 is 1.56 bits per heavy atom. The molecule has 0 bridgehead atoms. The van der Waals surface area contributed by atoms with Crippen LogP contribution in [-0.2, 0) is 0 Å². The average molecular weight is 267 g/mol. The first-order valence-corrected chi connectivity index (χ1v) is 6.59. The molecule has 1 rings (SSSR count). The van der Waals surface area contributed by atoms with Crippen LogP contribution in [0.15, 0.2) is 18.3 Å². The van der Waals surface area contributed by atoms with Gasteiger partial charge < -0.3 is 15.4 Å². The third kappa shape index (κ3) is 4.14. The summed E-state index contributed by atoms with van der Waals surface area (Å²) in [5, 5.41) is 0. The fourth-order valence-electron chi connectivity index (χ4n) is 1.71. The maximum Gasteiger partial charge on any atom is 0.171 e. The van der Waals surface area contributed by atoms with Crippen molar-refractivity contribution >= 4 is 23.0 Å². The molecular weight excluding hydrogens is 246 g/mol. The van der Waals surface area contributed by atoms with Crippen molar-refractivity contribution < 1.29 is 4.74 Å². The minimum Gasteiger partial charge on any atom is -0.490 e. The molecule has 0 unspecified atom stereocenters. The predicted octanol–water partition coefficient (Wildman–Crippen LogP) is 2.37. The van der Waals surface area contributed by atoms with Gasteiger partial charge in [0.15, 0.2) is 11.6 Å². The number of rotatable bonds is 7. The number of hydrogen-bond donors (Lipinski definition) is 1. The molecule has 0 saturated carbocycles. The lowest BCUT2D eigenvalue weighted by molar-refractivity contribution is 0.338. The Balaban J connectivity index is 2.93. The number of aromatic nitrogens is 1. The topological polar surface area (TPSA) is 51.4 Å². The maximum absolute atomic E-state index is 5.61. The number of nitrogens with two attached hydrogens (primary N) is 1. The average Bonchev–Trinajstić information content (AvgIpc) is 2.31. The fourth-order valence-corrected chi connectivity index (χ4v) is 1.80. The molecule has 1 heterocycles. The summed E-state index contributed by atoms with van der Waals surface area (Å²) in [6, 6.07) is 4.12. The Hall–Kier alpha value is -1.36. The Morgan fingerprint density at radius 2 is 2.28 bits per heavy atom. The zero-order chi connectivity index (χ0) is 13.5. The van der Waals surface area contributed by atoms with Crippen LogP contribution in [0.25, 0.3) is 0 Å². The second kappa shape index (κ2) is 7.16. The molecule has 0 aromatic carbocycles. The molecule has 0 fully saturated rings. The number of hydrogen-bond acceptors (Lipinski definition) is 4. The Bertz CT molecular complexity index is 396. The summed E-state index contributed by atoms with van der Waals surface area (Å²) < 4.78 is 5.61. The van der Waals surface area contributed by atoms with E-state index in [1.165, 1.54) is 0 Å². The SMILES string of the molecule is CCOc1cccnc1N(CCC(N)=S)C(C)C. The molecule has 1 aromatic heterocycles. The van der Waals surface area contributed by atoms with Crippen molar-refractivity contribution in [1.82, 2.24) is 4.98 Å². The molecule has 0 aliphatic heterocycles. The van der Waals surface area contributed by atoms with E-state index in [-0.39, 0.29) is 0 Å². The zero-order valence-corrected chi connectivity index (χ0v) is 12.0. The van der Waals surface area contributed by atoms with Crippen LogP contribution in [0.1, 0.15) is 27.2 Å². The van der Waals surface area contributed by atoms with Crippen LogP contribution in [0.5, 0.6) is 5.75 Å². The van der Waals surface area contributed by atoms with Crippen LogP contribution in [0.3, 0.4) is 0 Å². The molecule has 0 spiro atoms. The summed E-state index contributed by atoms with van der Waals surface area (Å²) in [6.07, 6.45) is 2.45. The lowest BCUT2D eigenvalue weighted by Gasteiger charge is -2.29. The summed E-state index contributed by atoms with van der Waals surface area (Å²) in [5.41, 5.74) is 5.57. The highest BCUT2D eigenvalue weighted by Crippen LogP contribution is 2.26. The second-order valence-electron chi connectivity index (χ2n) is 4.26. The van der Waals surface area contributed by atoms with Gasteiger partial charge in [0.25, 0.3) is 0 Å². The highest BCUT2D eigenvalue weighted by molar-refractivity contribution is 7.80. The van der Waals surface area contributed by atoms with E-state index in [4.69, 9.17) is 22.7 Å². The molecule has 0 atom stereocenters. The van der Waals surface area contributed by atoms with Gasteiger partial charge >= 0.3 is 0 Å². The van der Waals surface area contributed by atoms with E-state index in [0.29, 0.717) is 24.1 Å². The second-order valence-corrected chi connectivity index (χ2v) is 4.79. The van der Waals surface area contributed by atoms with E-state index in [0.717, 1.165) is 18.1 Å². The van der Waals surface area contributed by atoms with Crippen molar-refractivity contribution in [3.63, 3.8) is 0 Å². The van der Waals surface area contributed by atoms with Gasteiger partial charge in [-0.25, -0.2) is 4.98 Å². The molecule has 2 N–H and O–H groups in total. The van der Waals surface area contributed by atoms with E-state index in [1.807, 2.05) is 19.1 Å². The molecule has 18 heavy (non-hydrogen) atoms. The highest BCUT2D eigenvalue weighted by atomic mass is 32.1. The van der Waals surface area contributed by atoms with Crippen molar-refractivity contribution in [2.24, 2.45) is 5.73 Å². The van der Waals surface area contributed by atoms with Crippen molar-refractivity contribution in [3.05, 3.63) is 18.3 Å². The van der Waals surface area contributed by atoms with Gasteiger partial charge in [-0.15, -0.1) is 0 Å². The third-order valence-corrected chi connectivity index (χ3v) is 2.75. The number of pyridine rings is 1. The Kier molecular flexibility index (Phi) is 5.85. The molecule has 5 heteroatoms. The Morgan fingerprint density at radius 3 is 2.83 bits per heavy atom. The van der Waals surface area contributed by atoms with E-state index >= 15 is 0 Å². The number of thiocarbonyl (C=S) groups is 1. The van der Waals surface area contributed by atoms with Gasteiger partial charge in [0, 0.05) is 25.2 Å². The van der Waals surface area contributed by atoms with Crippen molar-refractivity contribution in [2.75, 3.05) is 18.1 Å². The number of anilines is 1. The standard InChI is InChI=1S/C13H21N3OS/c1-4-17-11-6-5-8-15-13(11)16(10(2)3)9-7-12(14)18/h5-6,8,10H,4,7,9H2,1-3H3,(H2,14,18). The van der Waals surface area contributed by atoms with Gasteiger partial charge in [-0.05, 0) is 32.9 Å². The summed E-state index contributed by atoms with van der Waals surface area (Å²) in [4.78, 5) is 7.09. The largest absolute Gasteiger partial charge is 0.490 e. The predicted molar refractivity (Wildman–Crippen MR) is 79.3 cm³/mol. The highest BCUT2D eigenvalue weighted by Gasteiger charge is 2.16. The van der Waals surface area contributed by atoms with E-state index in [1.54, 1.807) is 6.20 Å². The maximum atomic E-state index is 5.61. The van der Waals surface area contributed by atoms with Crippen molar-refractivity contribution in [1.29, 1.82) is 0 Å². The van der Waals surface area contributed by atoms with Crippen LogP contribution >= 0.6 is 12.2 Å². The molecule has 100 valence electrons. The zero-order valence-electron chi connectivity index (χ0n) is 11.2. The lowest BCUT2D eigenvalue weighted by atomic mass is 10.2. The van der Waals surface area contributed by atoms with Crippen molar-refractivity contribution in [2.45, 2.75) is 33.2 Å². The molecule has 0 amide bonds. The summed E-state index contributed by atoms with van der Waals surface area (Å²) in [6.45, 7) is 7.57. The monoisotopic (exact) mass is 267 g/mol. The summed E-state index contributed by atoms with van der Waals surface area (Å²) >= 11 is 4.93. The van der Waals surface area contributed by atoms with Gasteiger partial charge in [0.2, 0.25) is 0 Å². The van der Waals surface area contributed by atoms with Crippen LogP contribution in [0.4, 0.5) is 5.82 Å². The lowest BCUT2D eigenvalue weighted by Crippen LogP contribution is -2.34. The molecule has 0 aliphatic carbocycles. The summed E-state index contributed by atoms with van der Waals surface area (Å²) in [5.74, 6) is 1.65. The first-order chi connectivity index (χ1) is 8.56. The minimum atomic E-state index is 0.313. The van der Waals surface area contributed by atoms with Crippen LogP contribution in [0, 0.1) is 0 Å². The van der Waals surface area contributed by atoms with Crippen LogP contribution < -0.4 is 15.4 Å². The number of nitrogens with zero attached hydrogens (tertiary/aromatic N) is 2. The molecule has 0 aliphatic rings. The molecule has 1 aromatic rings. The van der Waals surface area contributed by atoms with Gasteiger partial charge in [-0.2, -0.15) is 0 Å². The van der Waals surface area contributed by atoms with Crippen LogP contribution in [0.2, 0.25) is 0 Å². The van der Waals surface area contributed by atoms with E-state index in [2.05, 4.69) is 23.7 Å². The minimum absolute atomic E-state index is 0.313. The number of ether oxygens (including phenoxy) is 1. The van der Waals surface area contributed by atoms with Crippen molar-refractivity contribution in [3.8, 4) is 5.75 Å². The first kappa shape index (κ1) is 14.7. The smallest absolute Gasteiger partial charge is 0.171 e. The molecular formula is C13H21N3OS. The molecule has 0 radical (unpaired) electrons. The Labute approximate surface area is 114 Å². The third-order valence-electron chi connectivity index (χ3n) is 2.55. The quantitative estimate of drug-likeness (QED) is 0.769. The summed E-state index contributed by atoms with van der Waals surface area (Å²) in [7, 11) is 0. The van der Waals surface area contributed by atoms with Gasteiger partial charge in [-0.3, -0.25) is 0 Å². The first-order valence-electron chi connectivity index (χ1n) is 6.19. The van der Waals surface area contributed by atoms with E-state index < -0.39 is 0 Å². The fraction of sp³-hybridized carbons (Fsp3) is 0.538. The molecule has 0 saturated heterocycles. The van der Waals surface area contributed by atoms with Gasteiger partial charge in [-0.1, -0.05) is 12.2 Å². The normalized spacial score (nSPS) is 10.4. The van der Waals surface area contributed by atoms with E-state index in [9.17, 15) is 0 Å². The molecule has 4 nitrogen and oxygen atoms in total.